The molecule has 146 valence electrons. The van der Waals surface area contributed by atoms with Gasteiger partial charge in [-0.3, -0.25) is 9.52 Å². The molecule has 0 unspecified atom stereocenters. The van der Waals surface area contributed by atoms with Crippen molar-refractivity contribution in [1.29, 1.82) is 0 Å². The molecule has 2 aromatic rings. The van der Waals surface area contributed by atoms with E-state index in [1.54, 1.807) is 30.4 Å². The van der Waals surface area contributed by atoms with Gasteiger partial charge in [0.25, 0.3) is 15.9 Å². The number of aromatic nitrogens is 1. The molecule has 0 atom stereocenters. The Hall–Kier alpha value is -2.35. The van der Waals surface area contributed by atoms with Crippen LogP contribution in [0.2, 0.25) is 0 Å². The molecule has 3 rings (SSSR count). The summed E-state index contributed by atoms with van der Waals surface area (Å²) in [5.41, 5.74) is 1.38. The van der Waals surface area contributed by atoms with Crippen LogP contribution >= 0.6 is 0 Å². The van der Waals surface area contributed by atoms with E-state index in [9.17, 15) is 17.6 Å². The molecule has 27 heavy (non-hydrogen) atoms. The van der Waals surface area contributed by atoms with Gasteiger partial charge in [-0.05, 0) is 51.3 Å². The second-order valence-corrected chi connectivity index (χ2v) is 8.52. The smallest absolute Gasteiger partial charge is 0.264 e. The summed E-state index contributed by atoms with van der Waals surface area (Å²) < 4.78 is 43.7. The lowest BCUT2D eigenvalue weighted by molar-refractivity contribution is 0.0720. The van der Waals surface area contributed by atoms with Gasteiger partial charge in [0, 0.05) is 31.5 Å². The van der Waals surface area contributed by atoms with Crippen LogP contribution in [-0.4, -0.2) is 36.9 Å². The third kappa shape index (κ3) is 3.71. The number of sulfonamides is 1. The second-order valence-electron chi connectivity index (χ2n) is 6.90. The fraction of sp³-hybridized carbons (Fsp3) is 0.421. The van der Waals surface area contributed by atoms with E-state index in [1.165, 1.54) is 18.2 Å². The summed E-state index contributed by atoms with van der Waals surface area (Å²) in [5, 5.41) is 0. The van der Waals surface area contributed by atoms with Gasteiger partial charge in [0.1, 0.15) is 10.7 Å². The summed E-state index contributed by atoms with van der Waals surface area (Å²) in [6.45, 7) is 4.66. The molecule has 0 radical (unpaired) electrons. The van der Waals surface area contributed by atoms with Gasteiger partial charge in [-0.25, -0.2) is 12.8 Å². The molecule has 1 aliphatic heterocycles. The van der Waals surface area contributed by atoms with Gasteiger partial charge in [-0.15, -0.1) is 0 Å². The van der Waals surface area contributed by atoms with Gasteiger partial charge in [-0.1, -0.05) is 6.07 Å². The minimum atomic E-state index is -4.06. The lowest BCUT2D eigenvalue weighted by atomic mass is 10.1. The molecule has 1 saturated heterocycles. The lowest BCUT2D eigenvalue weighted by Gasteiger charge is -2.27. The van der Waals surface area contributed by atoms with E-state index in [4.69, 9.17) is 0 Å². The summed E-state index contributed by atoms with van der Waals surface area (Å²) in [6.07, 6.45) is 2.91. The maximum atomic E-state index is 13.4. The van der Waals surface area contributed by atoms with E-state index >= 15 is 0 Å². The van der Waals surface area contributed by atoms with Crippen LogP contribution in [0.3, 0.4) is 0 Å². The number of nitrogens with one attached hydrogen (secondary N) is 1. The highest BCUT2D eigenvalue weighted by molar-refractivity contribution is 7.92. The number of hydrogen-bond acceptors (Lipinski definition) is 3. The fourth-order valence-electron chi connectivity index (χ4n) is 3.51. The molecular weight excluding hydrogens is 369 g/mol. The van der Waals surface area contributed by atoms with Gasteiger partial charge >= 0.3 is 0 Å². The minimum Gasteiger partial charge on any atom is -0.350 e. The maximum absolute atomic E-state index is 13.4. The molecule has 0 aliphatic carbocycles. The maximum Gasteiger partial charge on any atom is 0.264 e. The zero-order chi connectivity index (χ0) is 19.8. The van der Waals surface area contributed by atoms with Crippen LogP contribution in [0.15, 0.2) is 29.2 Å². The zero-order valence-electron chi connectivity index (χ0n) is 15.8. The SMILES string of the molecule is Cc1c(C(=O)N2CCCCC2)c(S(=O)(=O)Nc2cccc(F)c2)c(C)n1C. The first-order valence-corrected chi connectivity index (χ1v) is 10.4. The van der Waals surface area contributed by atoms with Gasteiger partial charge < -0.3 is 9.47 Å². The zero-order valence-corrected chi connectivity index (χ0v) is 16.6. The highest BCUT2D eigenvalue weighted by Gasteiger charge is 2.33. The lowest BCUT2D eigenvalue weighted by Crippen LogP contribution is -2.36. The monoisotopic (exact) mass is 393 g/mol. The summed E-state index contributed by atoms with van der Waals surface area (Å²) in [4.78, 5) is 14.8. The molecule has 0 saturated carbocycles. The highest BCUT2D eigenvalue weighted by Crippen LogP contribution is 2.30. The highest BCUT2D eigenvalue weighted by atomic mass is 32.2. The number of carbonyl (C=O) groups is 1. The molecule has 0 bridgehead atoms. The van der Waals surface area contributed by atoms with Crippen molar-refractivity contribution in [3.8, 4) is 0 Å². The number of nitrogens with zero attached hydrogens (tertiary/aromatic N) is 2. The molecule has 1 amide bonds. The number of amides is 1. The van der Waals surface area contributed by atoms with Crippen LogP contribution in [0.1, 0.15) is 41.0 Å². The van der Waals surface area contributed by atoms with E-state index in [0.717, 1.165) is 25.3 Å². The van der Waals surface area contributed by atoms with Crippen LogP contribution in [0, 0.1) is 19.7 Å². The molecule has 1 N–H and O–H groups in total. The summed E-state index contributed by atoms with van der Waals surface area (Å²) in [6, 6.07) is 5.24. The van der Waals surface area contributed by atoms with Gasteiger partial charge in [0.2, 0.25) is 0 Å². The van der Waals surface area contributed by atoms with Crippen molar-refractivity contribution in [2.24, 2.45) is 7.05 Å². The largest absolute Gasteiger partial charge is 0.350 e. The van der Waals surface area contributed by atoms with Crippen molar-refractivity contribution in [2.75, 3.05) is 17.8 Å². The van der Waals surface area contributed by atoms with Crippen LogP contribution in [-0.2, 0) is 17.1 Å². The summed E-state index contributed by atoms with van der Waals surface area (Å²) in [7, 11) is -2.33. The van der Waals surface area contributed by atoms with Crippen LogP contribution in [0.25, 0.3) is 0 Å². The number of likely N-dealkylation sites (tertiary alicyclic amines) is 1. The van der Waals surface area contributed by atoms with Crippen molar-refractivity contribution >= 4 is 21.6 Å². The molecule has 0 spiro atoms. The fourth-order valence-corrected chi connectivity index (χ4v) is 5.08. The quantitative estimate of drug-likeness (QED) is 0.867. The number of rotatable bonds is 4. The Bertz CT molecular complexity index is 976. The molecule has 1 aromatic carbocycles. The molecule has 6 nitrogen and oxygen atoms in total. The second kappa shape index (κ2) is 7.34. The number of benzene rings is 1. The minimum absolute atomic E-state index is 0.0395. The number of carbonyl (C=O) groups excluding carboxylic acids is 1. The normalized spacial score (nSPS) is 15.0. The predicted octanol–water partition coefficient (Wildman–Crippen LogP) is 3.21. The Morgan fingerprint density at radius 1 is 1.11 bits per heavy atom. The summed E-state index contributed by atoms with van der Waals surface area (Å²) >= 11 is 0. The summed E-state index contributed by atoms with van der Waals surface area (Å²) in [5.74, 6) is -0.809. The molecule has 1 aromatic heterocycles. The number of anilines is 1. The van der Waals surface area contributed by atoms with Crippen LogP contribution < -0.4 is 4.72 Å². The van der Waals surface area contributed by atoms with Crippen molar-refractivity contribution in [1.82, 2.24) is 9.47 Å². The van der Waals surface area contributed by atoms with E-state index in [-0.39, 0.29) is 22.1 Å². The van der Waals surface area contributed by atoms with E-state index in [2.05, 4.69) is 4.72 Å². The van der Waals surface area contributed by atoms with E-state index < -0.39 is 15.8 Å². The Morgan fingerprint density at radius 2 is 1.78 bits per heavy atom. The van der Waals surface area contributed by atoms with E-state index in [1.807, 2.05) is 0 Å². The van der Waals surface area contributed by atoms with Crippen LogP contribution in [0.4, 0.5) is 10.1 Å². The van der Waals surface area contributed by atoms with Crippen LogP contribution in [0.5, 0.6) is 0 Å². The number of piperidine rings is 1. The van der Waals surface area contributed by atoms with Gasteiger partial charge in [-0.2, -0.15) is 0 Å². The molecule has 1 aliphatic rings. The molecular formula is C19H24FN3O3S. The first-order chi connectivity index (χ1) is 12.7. The Kier molecular flexibility index (Phi) is 5.28. The van der Waals surface area contributed by atoms with Crippen molar-refractivity contribution < 1.29 is 17.6 Å². The van der Waals surface area contributed by atoms with E-state index in [0.29, 0.717) is 24.5 Å². The number of hydrogen-bond donors (Lipinski definition) is 1. The Labute approximate surface area is 159 Å². The topological polar surface area (TPSA) is 71.4 Å². The third-order valence-electron chi connectivity index (χ3n) is 5.13. The molecule has 8 heteroatoms. The molecule has 2 heterocycles. The van der Waals surface area contributed by atoms with Crippen molar-refractivity contribution in [2.45, 2.75) is 38.0 Å². The number of halogens is 1. The first-order valence-electron chi connectivity index (χ1n) is 8.96. The molecule has 1 fully saturated rings. The van der Waals surface area contributed by atoms with Crippen molar-refractivity contribution in [3.63, 3.8) is 0 Å². The van der Waals surface area contributed by atoms with Gasteiger partial charge in [0.05, 0.1) is 11.3 Å². The Morgan fingerprint density at radius 3 is 2.41 bits per heavy atom. The van der Waals surface area contributed by atoms with Gasteiger partial charge in [0.15, 0.2) is 0 Å². The third-order valence-corrected chi connectivity index (χ3v) is 6.67. The Balaban J connectivity index is 2.06. The first kappa shape index (κ1) is 19.4. The van der Waals surface area contributed by atoms with Crippen molar-refractivity contribution in [3.05, 3.63) is 47.0 Å². The standard InChI is InChI=1S/C19H24FN3O3S/c1-13-17(19(24)23-10-5-4-6-11-23)18(14(2)22(13)3)27(25,26)21-16-9-7-8-15(20)12-16/h7-9,12,21H,4-6,10-11H2,1-3H3. The average Bonchev–Trinajstić information content (AvgIpc) is 2.86. The predicted molar refractivity (Wildman–Crippen MR) is 102 cm³/mol. The average molecular weight is 393 g/mol.